The fraction of sp³-hybridized carbons (Fsp3) is 0.278. The molecule has 108 valence electrons. The van der Waals surface area contributed by atoms with Crippen LogP contribution in [0.15, 0.2) is 53.5 Å². The first-order chi connectivity index (χ1) is 10.3. The van der Waals surface area contributed by atoms with Crippen molar-refractivity contribution in [1.82, 2.24) is 10.6 Å². The summed E-state index contributed by atoms with van der Waals surface area (Å²) in [6, 6.07) is 17.3. The molecule has 0 unspecified atom stereocenters. The van der Waals surface area contributed by atoms with Crippen molar-refractivity contribution in [2.24, 2.45) is 4.99 Å². The van der Waals surface area contributed by atoms with Crippen molar-refractivity contribution in [3.05, 3.63) is 59.7 Å². The third-order valence-electron chi connectivity index (χ3n) is 3.64. The van der Waals surface area contributed by atoms with Crippen LogP contribution in [0.1, 0.15) is 17.5 Å². The van der Waals surface area contributed by atoms with Crippen molar-refractivity contribution in [3.63, 3.8) is 0 Å². The van der Waals surface area contributed by atoms with E-state index >= 15 is 0 Å². The molecule has 0 fully saturated rings. The average Bonchev–Trinajstić information content (AvgIpc) is 2.54. The molecule has 2 aromatic carbocycles. The minimum atomic E-state index is 0.797. The van der Waals surface area contributed by atoms with Crippen molar-refractivity contribution in [2.75, 3.05) is 13.1 Å². The van der Waals surface area contributed by atoms with E-state index in [2.05, 4.69) is 71.1 Å². The summed E-state index contributed by atoms with van der Waals surface area (Å²) in [5, 5.41) is 6.65. The number of aliphatic imine (C=N–C) groups is 1. The van der Waals surface area contributed by atoms with Crippen LogP contribution in [0, 0.1) is 6.92 Å². The summed E-state index contributed by atoms with van der Waals surface area (Å²) >= 11 is 0. The van der Waals surface area contributed by atoms with Gasteiger partial charge in [-0.15, -0.1) is 0 Å². The van der Waals surface area contributed by atoms with E-state index in [-0.39, 0.29) is 0 Å². The van der Waals surface area contributed by atoms with Crippen molar-refractivity contribution in [1.29, 1.82) is 0 Å². The van der Waals surface area contributed by atoms with E-state index in [0.717, 1.165) is 32.0 Å². The van der Waals surface area contributed by atoms with Gasteiger partial charge in [-0.05, 0) is 36.1 Å². The summed E-state index contributed by atoms with van der Waals surface area (Å²) in [4.78, 5) is 4.43. The molecule has 0 atom stereocenters. The highest BCUT2D eigenvalue weighted by atomic mass is 15.2. The number of aryl methyl sites for hydroxylation is 1. The highest BCUT2D eigenvalue weighted by Gasteiger charge is 2.04. The standard InChI is InChI=1S/C18H21N3/c1-14-5-2-7-16(11-14)17-8-3-6-15(12-17)13-21-18-19-9-4-10-20-18/h2-3,5-8,11-12H,4,9-10,13H2,1H3,(H2,19,20,21). The number of rotatable bonds is 3. The number of hydrogen-bond acceptors (Lipinski definition) is 3. The zero-order chi connectivity index (χ0) is 14.5. The van der Waals surface area contributed by atoms with E-state index in [1.165, 1.54) is 22.3 Å². The normalized spacial score (nSPS) is 14.2. The fourth-order valence-electron chi connectivity index (χ4n) is 2.52. The second kappa shape index (κ2) is 6.44. The molecule has 0 aliphatic carbocycles. The van der Waals surface area contributed by atoms with Crippen LogP contribution < -0.4 is 10.6 Å². The maximum Gasteiger partial charge on any atom is 0.191 e. The number of hydrogen-bond donors (Lipinski definition) is 2. The SMILES string of the molecule is Cc1cccc(-c2cccc(CNC3=NCCCN3)c2)c1. The Bertz CT molecular complexity index is 646. The van der Waals surface area contributed by atoms with Crippen LogP contribution in [0.5, 0.6) is 0 Å². The first kappa shape index (κ1) is 13.7. The van der Waals surface area contributed by atoms with Gasteiger partial charge in [0.1, 0.15) is 0 Å². The smallest absolute Gasteiger partial charge is 0.191 e. The molecule has 3 heteroatoms. The molecule has 0 radical (unpaired) electrons. The van der Waals surface area contributed by atoms with Gasteiger partial charge in [0.15, 0.2) is 5.96 Å². The lowest BCUT2D eigenvalue weighted by Crippen LogP contribution is -2.40. The van der Waals surface area contributed by atoms with Crippen LogP contribution in [0.25, 0.3) is 11.1 Å². The van der Waals surface area contributed by atoms with Gasteiger partial charge < -0.3 is 10.6 Å². The molecule has 0 amide bonds. The van der Waals surface area contributed by atoms with Gasteiger partial charge in [-0.1, -0.05) is 48.0 Å². The van der Waals surface area contributed by atoms with Crippen molar-refractivity contribution in [2.45, 2.75) is 19.9 Å². The van der Waals surface area contributed by atoms with Crippen LogP contribution in [-0.2, 0) is 6.54 Å². The monoisotopic (exact) mass is 279 g/mol. The molecule has 0 saturated carbocycles. The van der Waals surface area contributed by atoms with E-state index < -0.39 is 0 Å². The lowest BCUT2D eigenvalue weighted by molar-refractivity contribution is 0.702. The molecule has 0 saturated heterocycles. The Morgan fingerprint density at radius 3 is 2.67 bits per heavy atom. The van der Waals surface area contributed by atoms with Crippen LogP contribution in [-0.4, -0.2) is 19.0 Å². The van der Waals surface area contributed by atoms with Gasteiger partial charge in [-0.2, -0.15) is 0 Å². The minimum absolute atomic E-state index is 0.797. The van der Waals surface area contributed by atoms with Gasteiger partial charge in [0.2, 0.25) is 0 Å². The summed E-state index contributed by atoms with van der Waals surface area (Å²) in [6.45, 7) is 4.85. The van der Waals surface area contributed by atoms with Crippen LogP contribution in [0.2, 0.25) is 0 Å². The van der Waals surface area contributed by atoms with Gasteiger partial charge >= 0.3 is 0 Å². The zero-order valence-electron chi connectivity index (χ0n) is 12.4. The first-order valence-electron chi connectivity index (χ1n) is 7.49. The lowest BCUT2D eigenvalue weighted by Gasteiger charge is -2.16. The summed E-state index contributed by atoms with van der Waals surface area (Å²) < 4.78 is 0. The highest BCUT2D eigenvalue weighted by Crippen LogP contribution is 2.21. The van der Waals surface area contributed by atoms with Crippen LogP contribution in [0.4, 0.5) is 0 Å². The molecule has 2 aromatic rings. The summed E-state index contributed by atoms with van der Waals surface area (Å²) in [5.74, 6) is 0.919. The second-order valence-electron chi connectivity index (χ2n) is 5.43. The molecule has 1 aliphatic rings. The molecule has 3 rings (SSSR count). The molecular formula is C18H21N3. The predicted octanol–water partition coefficient (Wildman–Crippen LogP) is 3.10. The first-order valence-corrected chi connectivity index (χ1v) is 7.49. The number of nitrogens with one attached hydrogen (secondary N) is 2. The number of benzene rings is 2. The third-order valence-corrected chi connectivity index (χ3v) is 3.64. The number of nitrogens with zero attached hydrogens (tertiary/aromatic N) is 1. The van der Waals surface area contributed by atoms with E-state index in [1.807, 2.05) is 0 Å². The summed E-state index contributed by atoms with van der Waals surface area (Å²) in [6.07, 6.45) is 1.12. The quantitative estimate of drug-likeness (QED) is 0.905. The van der Waals surface area contributed by atoms with E-state index in [1.54, 1.807) is 0 Å². The Kier molecular flexibility index (Phi) is 4.20. The fourth-order valence-corrected chi connectivity index (χ4v) is 2.52. The topological polar surface area (TPSA) is 36.4 Å². The van der Waals surface area contributed by atoms with Gasteiger partial charge in [0, 0.05) is 19.6 Å². The van der Waals surface area contributed by atoms with Crippen LogP contribution in [0.3, 0.4) is 0 Å². The third kappa shape index (κ3) is 3.63. The van der Waals surface area contributed by atoms with Gasteiger partial charge in [-0.3, -0.25) is 4.99 Å². The van der Waals surface area contributed by atoms with Crippen molar-refractivity contribution >= 4 is 5.96 Å². The Labute approximate surface area is 126 Å². The molecule has 2 N–H and O–H groups in total. The van der Waals surface area contributed by atoms with Gasteiger partial charge in [0.05, 0.1) is 0 Å². The second-order valence-corrected chi connectivity index (χ2v) is 5.43. The maximum atomic E-state index is 4.43. The highest BCUT2D eigenvalue weighted by molar-refractivity contribution is 5.80. The largest absolute Gasteiger partial charge is 0.356 e. The molecular weight excluding hydrogens is 258 g/mol. The molecule has 1 aliphatic heterocycles. The summed E-state index contributed by atoms with van der Waals surface area (Å²) in [7, 11) is 0. The Hall–Kier alpha value is -2.29. The molecule has 0 bridgehead atoms. The van der Waals surface area contributed by atoms with E-state index in [0.29, 0.717) is 0 Å². The molecule has 1 heterocycles. The molecule has 0 spiro atoms. The summed E-state index contributed by atoms with van der Waals surface area (Å²) in [5.41, 5.74) is 5.09. The molecule has 3 nitrogen and oxygen atoms in total. The molecule has 21 heavy (non-hydrogen) atoms. The maximum absolute atomic E-state index is 4.43. The van der Waals surface area contributed by atoms with E-state index in [9.17, 15) is 0 Å². The Morgan fingerprint density at radius 2 is 1.90 bits per heavy atom. The van der Waals surface area contributed by atoms with Crippen molar-refractivity contribution < 1.29 is 0 Å². The average molecular weight is 279 g/mol. The predicted molar refractivity (Wildman–Crippen MR) is 88.4 cm³/mol. The Balaban J connectivity index is 1.72. The van der Waals surface area contributed by atoms with Gasteiger partial charge in [0.25, 0.3) is 0 Å². The molecule has 0 aromatic heterocycles. The zero-order valence-corrected chi connectivity index (χ0v) is 12.4. The lowest BCUT2D eigenvalue weighted by atomic mass is 10.0. The van der Waals surface area contributed by atoms with Crippen LogP contribution >= 0.6 is 0 Å². The number of guanidine groups is 1. The minimum Gasteiger partial charge on any atom is -0.356 e. The Morgan fingerprint density at radius 1 is 1.10 bits per heavy atom. The van der Waals surface area contributed by atoms with Gasteiger partial charge in [-0.25, -0.2) is 0 Å². The van der Waals surface area contributed by atoms with Crippen molar-refractivity contribution in [3.8, 4) is 11.1 Å². The van der Waals surface area contributed by atoms with E-state index in [4.69, 9.17) is 0 Å².